The number of rotatable bonds is 2. The van der Waals surface area contributed by atoms with Gasteiger partial charge in [-0.05, 0) is 39.6 Å². The molecule has 0 aliphatic heterocycles. The zero-order valence-corrected chi connectivity index (χ0v) is 21.6. The van der Waals surface area contributed by atoms with Crippen molar-refractivity contribution in [3.63, 3.8) is 0 Å². The van der Waals surface area contributed by atoms with Gasteiger partial charge in [0.15, 0.2) is 11.4 Å². The Labute approximate surface area is 233 Å². The minimum absolute atomic E-state index is 0.112. The smallest absolute Gasteiger partial charge is 0.194 e. The molecule has 0 heterocycles. The van der Waals surface area contributed by atoms with Crippen LogP contribution in [0.3, 0.4) is 0 Å². The molecule has 188 valence electrons. The van der Waals surface area contributed by atoms with Crippen LogP contribution in [0.4, 0.5) is 0 Å². The number of hydrogen-bond acceptors (Lipinski definition) is 2. The molecular formula is C38H24O2. The Morgan fingerprint density at radius 1 is 0.525 bits per heavy atom. The van der Waals surface area contributed by atoms with E-state index in [-0.39, 0.29) is 5.78 Å². The molecule has 1 N–H and O–H groups in total. The fraction of sp³-hybridized carbons (Fsp3) is 0.0263. The molecule has 1 aliphatic rings. The van der Waals surface area contributed by atoms with Gasteiger partial charge in [-0.2, -0.15) is 0 Å². The van der Waals surface area contributed by atoms with Gasteiger partial charge in [0, 0.05) is 33.4 Å². The number of hydrogen-bond donors (Lipinski definition) is 1. The van der Waals surface area contributed by atoms with Crippen molar-refractivity contribution in [3.05, 3.63) is 167 Å². The van der Waals surface area contributed by atoms with Crippen LogP contribution in [0.15, 0.2) is 140 Å². The van der Waals surface area contributed by atoms with Gasteiger partial charge in [-0.3, -0.25) is 4.79 Å². The third kappa shape index (κ3) is 3.68. The van der Waals surface area contributed by atoms with Crippen molar-refractivity contribution in [2.45, 2.75) is 5.60 Å². The Hall–Kier alpha value is -5.23. The summed E-state index contributed by atoms with van der Waals surface area (Å²) in [6, 6.07) is 45.0. The molecule has 0 saturated heterocycles. The Balaban J connectivity index is 1.71. The lowest BCUT2D eigenvalue weighted by Crippen LogP contribution is -2.36. The van der Waals surface area contributed by atoms with Gasteiger partial charge in [0.2, 0.25) is 0 Å². The Morgan fingerprint density at radius 2 is 1.02 bits per heavy atom. The molecular weight excluding hydrogens is 488 g/mol. The third-order valence-corrected chi connectivity index (χ3v) is 7.65. The van der Waals surface area contributed by atoms with Crippen molar-refractivity contribution < 1.29 is 9.90 Å². The highest BCUT2D eigenvalue weighted by atomic mass is 16.3. The number of carbonyl (C=O) groups is 1. The minimum atomic E-state index is -1.74. The van der Waals surface area contributed by atoms with Crippen molar-refractivity contribution >= 4 is 16.6 Å². The molecule has 6 aromatic carbocycles. The van der Waals surface area contributed by atoms with E-state index < -0.39 is 5.60 Å². The SMILES string of the molecule is O=C1c2ccccc2[C@](O)(C#Cc2ccccc2)c2c1c(-c1ccccc1)c1ccccc1c2-c1ccccc1. The fourth-order valence-corrected chi connectivity index (χ4v) is 5.92. The summed E-state index contributed by atoms with van der Waals surface area (Å²) in [5.41, 5.74) is 4.50. The maximum Gasteiger partial charge on any atom is 0.194 e. The monoisotopic (exact) mass is 512 g/mol. The van der Waals surface area contributed by atoms with Crippen LogP contribution in [0.5, 0.6) is 0 Å². The van der Waals surface area contributed by atoms with E-state index in [0.717, 1.165) is 38.6 Å². The number of carbonyl (C=O) groups excluding carboxylic acids is 1. The van der Waals surface area contributed by atoms with E-state index in [9.17, 15) is 9.90 Å². The molecule has 0 bridgehead atoms. The first kappa shape index (κ1) is 23.9. The second-order valence-electron chi connectivity index (χ2n) is 9.98. The van der Waals surface area contributed by atoms with E-state index in [1.807, 2.05) is 121 Å². The van der Waals surface area contributed by atoms with Crippen LogP contribution in [0, 0.1) is 11.8 Å². The van der Waals surface area contributed by atoms with Gasteiger partial charge in [-0.15, -0.1) is 0 Å². The lowest BCUT2D eigenvalue weighted by atomic mass is 9.68. The molecule has 2 nitrogen and oxygen atoms in total. The maximum absolute atomic E-state index is 14.5. The summed E-state index contributed by atoms with van der Waals surface area (Å²) in [6.45, 7) is 0. The summed E-state index contributed by atoms with van der Waals surface area (Å²) in [6.07, 6.45) is 0. The van der Waals surface area contributed by atoms with Crippen molar-refractivity contribution in [1.29, 1.82) is 0 Å². The van der Waals surface area contributed by atoms with Crippen LogP contribution in [0.2, 0.25) is 0 Å². The van der Waals surface area contributed by atoms with Gasteiger partial charge < -0.3 is 5.11 Å². The molecule has 0 spiro atoms. The lowest BCUT2D eigenvalue weighted by molar-refractivity contribution is 0.0982. The van der Waals surface area contributed by atoms with Gasteiger partial charge in [-0.1, -0.05) is 139 Å². The fourth-order valence-electron chi connectivity index (χ4n) is 5.92. The summed E-state index contributed by atoms with van der Waals surface area (Å²) in [5, 5.41) is 14.8. The first-order chi connectivity index (χ1) is 19.7. The summed E-state index contributed by atoms with van der Waals surface area (Å²) >= 11 is 0. The predicted molar refractivity (Wildman–Crippen MR) is 161 cm³/mol. The van der Waals surface area contributed by atoms with Crippen LogP contribution in [-0.4, -0.2) is 10.9 Å². The standard InChI is InChI=1S/C38H24O2/c39-37-31-22-12-13-23-32(31)38(40,25-24-26-14-4-1-5-15-26)36-34(28-18-8-3-9-19-28)30-21-11-10-20-29(30)33(35(36)37)27-16-6-2-7-17-27/h1-23,40H/t38-/m1/s1. The molecule has 0 saturated carbocycles. The zero-order chi connectivity index (χ0) is 27.1. The van der Waals surface area contributed by atoms with E-state index in [1.54, 1.807) is 6.07 Å². The van der Waals surface area contributed by atoms with Crippen molar-refractivity contribution in [2.75, 3.05) is 0 Å². The molecule has 0 fully saturated rings. The van der Waals surface area contributed by atoms with Gasteiger partial charge in [-0.25, -0.2) is 0 Å². The molecule has 2 heteroatoms. The van der Waals surface area contributed by atoms with E-state index in [4.69, 9.17) is 0 Å². The van der Waals surface area contributed by atoms with Crippen LogP contribution >= 0.6 is 0 Å². The van der Waals surface area contributed by atoms with Gasteiger partial charge in [0.05, 0.1) is 0 Å². The van der Waals surface area contributed by atoms with E-state index in [2.05, 4.69) is 24.0 Å². The first-order valence-corrected chi connectivity index (χ1v) is 13.3. The van der Waals surface area contributed by atoms with Crippen molar-refractivity contribution in [1.82, 2.24) is 0 Å². The largest absolute Gasteiger partial charge is 0.369 e. The molecule has 0 unspecified atom stereocenters. The molecule has 0 amide bonds. The number of fused-ring (bicyclic) bond motifs is 3. The number of benzene rings is 6. The molecule has 40 heavy (non-hydrogen) atoms. The van der Waals surface area contributed by atoms with Crippen LogP contribution in [0.1, 0.15) is 32.6 Å². The quantitative estimate of drug-likeness (QED) is 0.239. The average Bonchev–Trinajstić information content (AvgIpc) is 3.03. The van der Waals surface area contributed by atoms with E-state index in [1.165, 1.54) is 0 Å². The topological polar surface area (TPSA) is 37.3 Å². The number of ketones is 1. The second-order valence-corrected chi connectivity index (χ2v) is 9.98. The molecule has 1 atom stereocenters. The van der Waals surface area contributed by atoms with Crippen LogP contribution in [-0.2, 0) is 5.60 Å². The Bertz CT molecular complexity index is 1960. The summed E-state index contributed by atoms with van der Waals surface area (Å²) in [5.74, 6) is 6.37. The molecule has 0 radical (unpaired) electrons. The van der Waals surface area contributed by atoms with Crippen molar-refractivity contribution in [3.8, 4) is 34.1 Å². The normalized spacial score (nSPS) is 15.6. The summed E-state index contributed by atoms with van der Waals surface area (Å²) in [7, 11) is 0. The molecule has 7 rings (SSSR count). The van der Waals surface area contributed by atoms with Gasteiger partial charge in [0.25, 0.3) is 0 Å². The summed E-state index contributed by atoms with van der Waals surface area (Å²) in [4.78, 5) is 14.5. The molecule has 6 aromatic rings. The maximum atomic E-state index is 14.5. The molecule has 1 aliphatic carbocycles. The van der Waals surface area contributed by atoms with Gasteiger partial charge >= 0.3 is 0 Å². The zero-order valence-electron chi connectivity index (χ0n) is 21.6. The third-order valence-electron chi connectivity index (χ3n) is 7.65. The average molecular weight is 513 g/mol. The Morgan fingerprint density at radius 3 is 1.68 bits per heavy atom. The lowest BCUT2D eigenvalue weighted by Gasteiger charge is -2.36. The second kappa shape index (κ2) is 9.50. The highest BCUT2D eigenvalue weighted by Gasteiger charge is 2.45. The van der Waals surface area contributed by atoms with Gasteiger partial charge in [0.1, 0.15) is 0 Å². The van der Waals surface area contributed by atoms with Crippen LogP contribution < -0.4 is 0 Å². The number of aliphatic hydroxyl groups is 1. The van der Waals surface area contributed by atoms with E-state index in [0.29, 0.717) is 22.3 Å². The van der Waals surface area contributed by atoms with Crippen molar-refractivity contribution in [2.24, 2.45) is 0 Å². The minimum Gasteiger partial charge on any atom is -0.369 e. The molecule has 0 aromatic heterocycles. The van der Waals surface area contributed by atoms with Crippen LogP contribution in [0.25, 0.3) is 33.0 Å². The highest BCUT2D eigenvalue weighted by Crippen LogP contribution is 2.51. The predicted octanol–water partition coefficient (Wildman–Crippen LogP) is 8.01. The van der Waals surface area contributed by atoms with E-state index >= 15 is 0 Å². The summed E-state index contributed by atoms with van der Waals surface area (Å²) < 4.78 is 0. The first-order valence-electron chi connectivity index (χ1n) is 13.3. The Kier molecular flexibility index (Phi) is 5.67. The highest BCUT2D eigenvalue weighted by molar-refractivity contribution is 6.23.